The number of halogens is 1. The number of fused-ring (bicyclic) bond motifs is 1. The third-order valence-electron chi connectivity index (χ3n) is 4.35. The number of hydrogen-bond acceptors (Lipinski definition) is 3. The minimum Gasteiger partial charge on any atom is -0.341 e. The summed E-state index contributed by atoms with van der Waals surface area (Å²) < 4.78 is 28.4. The number of rotatable bonds is 3. The van der Waals surface area contributed by atoms with Crippen molar-refractivity contribution in [1.29, 1.82) is 0 Å². The molecule has 0 aliphatic carbocycles. The average Bonchev–Trinajstić information content (AvgIpc) is 3.21. The summed E-state index contributed by atoms with van der Waals surface area (Å²) >= 11 is 3.35. The van der Waals surface area contributed by atoms with E-state index in [4.69, 9.17) is 0 Å². The van der Waals surface area contributed by atoms with Crippen LogP contribution in [0.5, 0.6) is 0 Å². The lowest BCUT2D eigenvalue weighted by Crippen LogP contribution is -2.31. The Morgan fingerprint density at radius 2 is 1.88 bits per heavy atom. The second-order valence-electron chi connectivity index (χ2n) is 5.84. The maximum absolute atomic E-state index is 13.1. The van der Waals surface area contributed by atoms with Gasteiger partial charge in [0.15, 0.2) is 0 Å². The van der Waals surface area contributed by atoms with Crippen LogP contribution in [0.4, 0.5) is 0 Å². The number of H-pyrrole nitrogens is 1. The van der Waals surface area contributed by atoms with Gasteiger partial charge in [0.1, 0.15) is 5.82 Å². The fourth-order valence-corrected chi connectivity index (χ4v) is 5.84. The van der Waals surface area contributed by atoms with E-state index in [1.807, 2.05) is 30.3 Å². The smallest absolute Gasteiger partial charge is 0.244 e. The first kappa shape index (κ1) is 15.8. The predicted octanol–water partition coefficient (Wildman–Crippen LogP) is 3.85. The molecule has 1 N–H and O–H groups in total. The van der Waals surface area contributed by atoms with E-state index in [1.54, 1.807) is 22.5 Å². The summed E-state index contributed by atoms with van der Waals surface area (Å²) in [5, 5.41) is 0. The third kappa shape index (κ3) is 2.56. The molecule has 3 aromatic rings. The highest BCUT2D eigenvalue weighted by Gasteiger charge is 2.38. The van der Waals surface area contributed by atoms with Gasteiger partial charge in [-0.3, -0.25) is 0 Å². The van der Waals surface area contributed by atoms with Crippen LogP contribution in [-0.4, -0.2) is 29.2 Å². The highest BCUT2D eigenvalue weighted by Crippen LogP contribution is 2.37. The summed E-state index contributed by atoms with van der Waals surface area (Å²) in [4.78, 5) is 8.18. The summed E-state index contributed by atoms with van der Waals surface area (Å²) in [6.45, 7) is 0.505. The first-order chi connectivity index (χ1) is 11.6. The molecule has 1 aliphatic rings. The van der Waals surface area contributed by atoms with E-state index in [2.05, 4.69) is 25.9 Å². The zero-order chi connectivity index (χ0) is 16.7. The standard InChI is InChI=1S/C17H16BrN3O2S/c18-12-6-1-4-10-16(12)24(22,23)21-11-5-9-15(21)17-19-13-7-2-3-8-14(13)20-17/h1-4,6-8,10,15H,5,9,11H2,(H,19,20). The van der Waals surface area contributed by atoms with Crippen LogP contribution < -0.4 is 0 Å². The van der Waals surface area contributed by atoms with Crippen LogP contribution in [0.25, 0.3) is 11.0 Å². The van der Waals surface area contributed by atoms with Crippen molar-refractivity contribution in [1.82, 2.24) is 14.3 Å². The molecule has 0 spiro atoms. The van der Waals surface area contributed by atoms with Crippen LogP contribution >= 0.6 is 15.9 Å². The minimum atomic E-state index is -3.58. The summed E-state index contributed by atoms with van der Waals surface area (Å²) in [6.07, 6.45) is 1.59. The van der Waals surface area contributed by atoms with Gasteiger partial charge in [0.25, 0.3) is 0 Å². The lowest BCUT2D eigenvalue weighted by atomic mass is 10.2. The Bertz CT molecular complexity index is 967. The van der Waals surface area contributed by atoms with E-state index in [9.17, 15) is 8.42 Å². The van der Waals surface area contributed by atoms with E-state index in [0.717, 1.165) is 23.9 Å². The molecule has 0 amide bonds. The van der Waals surface area contributed by atoms with Crippen LogP contribution in [0, 0.1) is 0 Å². The monoisotopic (exact) mass is 405 g/mol. The van der Waals surface area contributed by atoms with Gasteiger partial charge in [-0.15, -0.1) is 0 Å². The highest BCUT2D eigenvalue weighted by molar-refractivity contribution is 9.10. The number of imidazole rings is 1. The Balaban J connectivity index is 1.76. The van der Waals surface area contributed by atoms with Crippen molar-refractivity contribution < 1.29 is 8.42 Å². The molecule has 1 fully saturated rings. The van der Waals surface area contributed by atoms with E-state index in [-0.39, 0.29) is 6.04 Å². The summed E-state index contributed by atoms with van der Waals surface area (Å²) in [7, 11) is -3.58. The molecule has 1 unspecified atom stereocenters. The first-order valence-electron chi connectivity index (χ1n) is 7.78. The molecular formula is C17H16BrN3O2S. The predicted molar refractivity (Wildman–Crippen MR) is 96.1 cm³/mol. The second kappa shape index (κ2) is 5.98. The van der Waals surface area contributed by atoms with Crippen LogP contribution in [0.3, 0.4) is 0 Å². The molecule has 1 atom stereocenters. The van der Waals surface area contributed by atoms with E-state index < -0.39 is 10.0 Å². The molecular weight excluding hydrogens is 390 g/mol. The molecule has 0 radical (unpaired) electrons. The van der Waals surface area contributed by atoms with Gasteiger partial charge in [-0.1, -0.05) is 24.3 Å². The molecule has 1 saturated heterocycles. The van der Waals surface area contributed by atoms with Crippen LogP contribution in [0.1, 0.15) is 24.7 Å². The van der Waals surface area contributed by atoms with Crippen molar-refractivity contribution in [3.8, 4) is 0 Å². The van der Waals surface area contributed by atoms with Gasteiger partial charge in [0.05, 0.1) is 22.0 Å². The third-order valence-corrected chi connectivity index (χ3v) is 7.27. The lowest BCUT2D eigenvalue weighted by Gasteiger charge is -2.23. The molecule has 2 heterocycles. The summed E-state index contributed by atoms with van der Waals surface area (Å²) in [6, 6.07) is 14.4. The fraction of sp³-hybridized carbons (Fsp3) is 0.235. The molecule has 124 valence electrons. The molecule has 5 nitrogen and oxygen atoms in total. The quantitative estimate of drug-likeness (QED) is 0.719. The van der Waals surface area contributed by atoms with E-state index in [1.165, 1.54) is 0 Å². The SMILES string of the molecule is O=S(=O)(c1ccccc1Br)N1CCCC1c1nc2ccccc2[nH]1. The topological polar surface area (TPSA) is 66.1 Å². The largest absolute Gasteiger partial charge is 0.341 e. The normalized spacial score (nSPS) is 19.1. The summed E-state index contributed by atoms with van der Waals surface area (Å²) in [5.74, 6) is 0.712. The number of sulfonamides is 1. The van der Waals surface area contributed by atoms with Crippen molar-refractivity contribution in [2.75, 3.05) is 6.54 Å². The van der Waals surface area contributed by atoms with Crippen LogP contribution in [-0.2, 0) is 10.0 Å². The number of hydrogen-bond donors (Lipinski definition) is 1. The van der Waals surface area contributed by atoms with E-state index >= 15 is 0 Å². The van der Waals surface area contributed by atoms with Gasteiger partial charge < -0.3 is 4.98 Å². The van der Waals surface area contributed by atoms with Crippen molar-refractivity contribution in [3.05, 3.63) is 58.8 Å². The van der Waals surface area contributed by atoms with Gasteiger partial charge in [0, 0.05) is 11.0 Å². The van der Waals surface area contributed by atoms with Gasteiger partial charge in [-0.05, 0) is 53.0 Å². The van der Waals surface area contributed by atoms with Gasteiger partial charge >= 0.3 is 0 Å². The fourth-order valence-electron chi connectivity index (χ4n) is 3.21. The number of nitrogens with one attached hydrogen (secondary N) is 1. The number of para-hydroxylation sites is 2. The second-order valence-corrected chi connectivity index (χ2v) is 8.56. The Morgan fingerprint density at radius 3 is 2.67 bits per heavy atom. The molecule has 24 heavy (non-hydrogen) atoms. The Morgan fingerprint density at radius 1 is 1.12 bits per heavy atom. The first-order valence-corrected chi connectivity index (χ1v) is 10.0. The van der Waals surface area contributed by atoms with Crippen molar-refractivity contribution in [3.63, 3.8) is 0 Å². The van der Waals surface area contributed by atoms with Gasteiger partial charge in [-0.25, -0.2) is 13.4 Å². The Labute approximate surface area is 148 Å². The molecule has 1 aromatic heterocycles. The van der Waals surface area contributed by atoms with Gasteiger partial charge in [-0.2, -0.15) is 4.31 Å². The lowest BCUT2D eigenvalue weighted by molar-refractivity contribution is 0.385. The number of aromatic amines is 1. The zero-order valence-electron chi connectivity index (χ0n) is 12.8. The molecule has 7 heteroatoms. The van der Waals surface area contributed by atoms with Crippen molar-refractivity contribution >= 4 is 37.0 Å². The molecule has 0 bridgehead atoms. The Kier molecular flexibility index (Phi) is 3.94. The van der Waals surface area contributed by atoms with Crippen molar-refractivity contribution in [2.24, 2.45) is 0 Å². The number of benzene rings is 2. The van der Waals surface area contributed by atoms with Crippen LogP contribution in [0.15, 0.2) is 57.9 Å². The van der Waals surface area contributed by atoms with Crippen molar-refractivity contribution in [2.45, 2.75) is 23.8 Å². The van der Waals surface area contributed by atoms with E-state index in [0.29, 0.717) is 21.7 Å². The molecule has 4 rings (SSSR count). The maximum atomic E-state index is 13.1. The molecule has 1 aliphatic heterocycles. The maximum Gasteiger partial charge on any atom is 0.244 e. The average molecular weight is 406 g/mol. The van der Waals surface area contributed by atoms with Gasteiger partial charge in [0.2, 0.25) is 10.0 Å². The minimum absolute atomic E-state index is 0.255. The Hall–Kier alpha value is -1.70. The molecule has 0 saturated carbocycles. The number of nitrogens with zero attached hydrogens (tertiary/aromatic N) is 2. The van der Waals surface area contributed by atoms with Crippen LogP contribution in [0.2, 0.25) is 0 Å². The number of aromatic nitrogens is 2. The zero-order valence-corrected chi connectivity index (χ0v) is 15.2. The summed E-state index contributed by atoms with van der Waals surface area (Å²) in [5.41, 5.74) is 1.79. The molecule has 2 aromatic carbocycles. The highest BCUT2D eigenvalue weighted by atomic mass is 79.9.